The van der Waals surface area contributed by atoms with Gasteiger partial charge in [0.05, 0.1) is 19.0 Å². The van der Waals surface area contributed by atoms with Gasteiger partial charge in [-0.1, -0.05) is 39.7 Å². The van der Waals surface area contributed by atoms with E-state index in [0.29, 0.717) is 26.6 Å². The highest BCUT2D eigenvalue weighted by atomic mass is 79.9. The first-order valence-electron chi connectivity index (χ1n) is 5.99. The molecule has 1 unspecified atom stereocenters. The first kappa shape index (κ1) is 16.6. The maximum Gasteiger partial charge on any atom is 0.141 e. The van der Waals surface area contributed by atoms with E-state index in [2.05, 4.69) is 31.9 Å². The summed E-state index contributed by atoms with van der Waals surface area (Å²) in [6.07, 6.45) is 0. The van der Waals surface area contributed by atoms with Crippen molar-refractivity contribution in [3.63, 3.8) is 0 Å². The van der Waals surface area contributed by atoms with Gasteiger partial charge in [0.15, 0.2) is 0 Å². The quantitative estimate of drug-likeness (QED) is 0.567. The predicted octanol–water partition coefficient (Wildman–Crippen LogP) is 5.74. The van der Waals surface area contributed by atoms with Crippen LogP contribution in [0.15, 0.2) is 34.8 Å². The molecule has 0 spiro atoms. The highest BCUT2D eigenvalue weighted by Crippen LogP contribution is 2.46. The van der Waals surface area contributed by atoms with Crippen LogP contribution in [-0.2, 0) is 0 Å². The molecule has 6 heteroatoms. The molecule has 0 saturated carbocycles. The average molecular weight is 439 g/mol. The summed E-state index contributed by atoms with van der Waals surface area (Å²) >= 11 is 13.1. The second-order valence-corrected chi connectivity index (χ2v) is 6.32. The van der Waals surface area contributed by atoms with Crippen LogP contribution in [0.5, 0.6) is 11.5 Å². The molecule has 0 aromatic heterocycles. The van der Waals surface area contributed by atoms with Gasteiger partial charge in [-0.3, -0.25) is 0 Å². The molecular formula is C15H12Br2ClFO2. The third-order valence-corrected chi connectivity index (χ3v) is 5.07. The van der Waals surface area contributed by atoms with Crippen molar-refractivity contribution in [2.45, 2.75) is 4.83 Å². The van der Waals surface area contributed by atoms with Crippen LogP contribution in [0, 0.1) is 5.82 Å². The minimum atomic E-state index is -0.441. The Hall–Kier alpha value is -0.780. The largest absolute Gasteiger partial charge is 0.495 e. The zero-order valence-electron chi connectivity index (χ0n) is 11.3. The van der Waals surface area contributed by atoms with E-state index < -0.39 is 4.83 Å². The molecule has 2 rings (SSSR count). The summed E-state index contributed by atoms with van der Waals surface area (Å²) < 4.78 is 25.4. The molecule has 0 aliphatic rings. The summed E-state index contributed by atoms with van der Waals surface area (Å²) in [5, 5.41) is 0.353. The van der Waals surface area contributed by atoms with Crippen LogP contribution in [0.2, 0.25) is 5.02 Å². The van der Waals surface area contributed by atoms with E-state index in [4.69, 9.17) is 21.1 Å². The molecule has 2 nitrogen and oxygen atoms in total. The van der Waals surface area contributed by atoms with Gasteiger partial charge in [-0.2, -0.15) is 0 Å². The van der Waals surface area contributed by atoms with E-state index in [0.717, 1.165) is 5.56 Å². The van der Waals surface area contributed by atoms with Gasteiger partial charge >= 0.3 is 0 Å². The third-order valence-electron chi connectivity index (χ3n) is 3.04. The second kappa shape index (κ2) is 6.99. The summed E-state index contributed by atoms with van der Waals surface area (Å²) in [5.74, 6) is 0.823. The highest BCUT2D eigenvalue weighted by Gasteiger charge is 2.24. The van der Waals surface area contributed by atoms with Crippen LogP contribution < -0.4 is 9.47 Å². The monoisotopic (exact) mass is 436 g/mol. The van der Waals surface area contributed by atoms with Gasteiger partial charge in [0.1, 0.15) is 21.8 Å². The van der Waals surface area contributed by atoms with Crippen molar-refractivity contribution in [3.8, 4) is 11.5 Å². The lowest BCUT2D eigenvalue weighted by molar-refractivity contribution is 0.386. The molecule has 0 aliphatic carbocycles. The lowest BCUT2D eigenvalue weighted by atomic mass is 10.0. The second-order valence-electron chi connectivity index (χ2n) is 4.20. The Labute approximate surface area is 144 Å². The molecule has 2 aromatic rings. The molecule has 0 amide bonds. The summed E-state index contributed by atoms with van der Waals surface area (Å²) in [7, 11) is 3.12. The number of ether oxygens (including phenoxy) is 2. The fraction of sp³-hybridized carbons (Fsp3) is 0.200. The van der Waals surface area contributed by atoms with Gasteiger partial charge in [-0.15, -0.1) is 0 Å². The Kier molecular flexibility index (Phi) is 5.52. The van der Waals surface area contributed by atoms with Crippen molar-refractivity contribution >= 4 is 43.5 Å². The Morgan fingerprint density at radius 1 is 1.14 bits per heavy atom. The van der Waals surface area contributed by atoms with E-state index in [1.807, 2.05) is 6.07 Å². The van der Waals surface area contributed by atoms with Crippen LogP contribution >= 0.6 is 43.5 Å². The maximum atomic E-state index is 14.1. The van der Waals surface area contributed by atoms with Crippen molar-refractivity contribution in [1.29, 1.82) is 0 Å². The zero-order chi connectivity index (χ0) is 15.6. The molecule has 0 heterocycles. The Morgan fingerprint density at radius 2 is 1.86 bits per heavy atom. The molecule has 0 bridgehead atoms. The first-order chi connectivity index (χ1) is 10.0. The lowest BCUT2D eigenvalue weighted by Crippen LogP contribution is -2.02. The number of hydrogen-bond acceptors (Lipinski definition) is 2. The van der Waals surface area contributed by atoms with Crippen LogP contribution in [0.3, 0.4) is 0 Å². The minimum Gasteiger partial charge on any atom is -0.495 e. The number of rotatable bonds is 4. The highest BCUT2D eigenvalue weighted by molar-refractivity contribution is 9.10. The van der Waals surface area contributed by atoms with Crippen LogP contribution in [0.4, 0.5) is 4.39 Å². The van der Waals surface area contributed by atoms with E-state index in [1.165, 1.54) is 6.07 Å². The molecule has 112 valence electrons. The maximum absolute atomic E-state index is 14.1. The lowest BCUT2D eigenvalue weighted by Gasteiger charge is -2.19. The van der Waals surface area contributed by atoms with E-state index in [1.54, 1.807) is 32.4 Å². The SMILES string of the molecule is COc1ccc(C(Br)c2c(F)cccc2Cl)c(OC)c1Br. The standard InChI is InChI=1S/C15H12Br2ClFO2/c1-20-11-7-6-8(15(21-2)14(11)17)13(16)12-9(18)4-3-5-10(12)19/h3-7,13H,1-2H3. The molecule has 1 atom stereocenters. The Balaban J connectivity index is 2.59. The average Bonchev–Trinajstić information content (AvgIpc) is 2.46. The molecule has 0 radical (unpaired) electrons. The molecule has 0 aliphatic heterocycles. The van der Waals surface area contributed by atoms with Crippen LogP contribution in [0.25, 0.3) is 0 Å². The van der Waals surface area contributed by atoms with Gasteiger partial charge in [0, 0.05) is 16.1 Å². The van der Waals surface area contributed by atoms with Gasteiger partial charge < -0.3 is 9.47 Å². The van der Waals surface area contributed by atoms with Crippen molar-refractivity contribution < 1.29 is 13.9 Å². The Morgan fingerprint density at radius 3 is 2.43 bits per heavy atom. The zero-order valence-corrected chi connectivity index (χ0v) is 15.2. The smallest absolute Gasteiger partial charge is 0.141 e. The molecule has 0 saturated heterocycles. The number of alkyl halides is 1. The van der Waals surface area contributed by atoms with Crippen LogP contribution in [-0.4, -0.2) is 14.2 Å². The first-order valence-corrected chi connectivity index (χ1v) is 8.08. The minimum absolute atomic E-state index is 0.353. The van der Waals surface area contributed by atoms with Gasteiger partial charge in [0.2, 0.25) is 0 Å². The van der Waals surface area contributed by atoms with Crippen molar-refractivity contribution in [2.24, 2.45) is 0 Å². The molecule has 2 aromatic carbocycles. The van der Waals surface area contributed by atoms with E-state index >= 15 is 0 Å². The van der Waals surface area contributed by atoms with Crippen molar-refractivity contribution in [3.05, 3.63) is 56.8 Å². The number of hydrogen-bond donors (Lipinski definition) is 0. The van der Waals surface area contributed by atoms with Crippen molar-refractivity contribution in [1.82, 2.24) is 0 Å². The van der Waals surface area contributed by atoms with Gasteiger partial charge in [0.25, 0.3) is 0 Å². The molecule has 0 fully saturated rings. The van der Waals surface area contributed by atoms with Gasteiger partial charge in [-0.05, 0) is 34.1 Å². The summed E-state index contributed by atoms with van der Waals surface area (Å²) in [5.41, 5.74) is 1.12. The number of methoxy groups -OCH3 is 2. The summed E-state index contributed by atoms with van der Waals surface area (Å²) in [4.78, 5) is -0.441. The van der Waals surface area contributed by atoms with Gasteiger partial charge in [-0.25, -0.2) is 4.39 Å². The number of halogens is 4. The van der Waals surface area contributed by atoms with E-state index in [9.17, 15) is 4.39 Å². The summed E-state index contributed by atoms with van der Waals surface area (Å²) in [6.45, 7) is 0. The molecule has 0 N–H and O–H groups in total. The summed E-state index contributed by atoms with van der Waals surface area (Å²) in [6, 6.07) is 8.19. The fourth-order valence-electron chi connectivity index (χ4n) is 2.03. The third kappa shape index (κ3) is 3.20. The topological polar surface area (TPSA) is 18.5 Å². The predicted molar refractivity (Wildman–Crippen MR) is 89.4 cm³/mol. The van der Waals surface area contributed by atoms with Crippen LogP contribution in [0.1, 0.15) is 16.0 Å². The Bertz CT molecular complexity index is 644. The number of benzene rings is 2. The van der Waals surface area contributed by atoms with Crippen molar-refractivity contribution in [2.75, 3.05) is 14.2 Å². The molecule has 21 heavy (non-hydrogen) atoms. The molecular weight excluding hydrogens is 426 g/mol. The normalized spacial score (nSPS) is 12.1. The fourth-order valence-corrected chi connectivity index (χ4v) is 3.94. The van der Waals surface area contributed by atoms with E-state index in [-0.39, 0.29) is 5.82 Å².